The number of amides is 2. The van der Waals surface area contributed by atoms with Crippen LogP contribution in [0.15, 0.2) is 65.7 Å². The highest BCUT2D eigenvalue weighted by atomic mass is 19.4. The van der Waals surface area contributed by atoms with E-state index in [1.807, 2.05) is 12.1 Å². The van der Waals surface area contributed by atoms with Gasteiger partial charge in [0.05, 0.1) is 40.9 Å². The number of hydrogen-bond acceptors (Lipinski definition) is 5. The molecule has 0 unspecified atom stereocenters. The lowest BCUT2D eigenvalue weighted by atomic mass is 9.87. The molecule has 4 aromatic rings. The van der Waals surface area contributed by atoms with Crippen molar-refractivity contribution in [2.75, 3.05) is 18.0 Å². The quantitative estimate of drug-likeness (QED) is 0.188. The normalized spacial score (nSPS) is 25.7. The minimum absolute atomic E-state index is 0.0136. The first kappa shape index (κ1) is 40.2. The molecule has 0 radical (unpaired) electrons. The molecule has 322 valence electrons. The number of likely N-dealkylation sites (tertiary alicyclic amines) is 2. The Balaban J connectivity index is 0.928. The van der Waals surface area contributed by atoms with Crippen LogP contribution < -0.4 is 4.90 Å². The fourth-order valence-corrected chi connectivity index (χ4v) is 10.7. The first-order chi connectivity index (χ1) is 28.9. The summed E-state index contributed by atoms with van der Waals surface area (Å²) >= 11 is 0. The number of H-pyrrole nitrogens is 1. The molecular weight excluding hydrogens is 795 g/mol. The van der Waals surface area contributed by atoms with E-state index in [9.17, 15) is 35.9 Å². The number of fused-ring (bicyclic) bond motifs is 2. The monoisotopic (exact) mass is 844 g/mol. The number of carbonyl (C=O) groups excluding carboxylic acids is 2. The first-order valence-corrected chi connectivity index (χ1v) is 21.7. The number of aromatic amines is 1. The van der Waals surface area contributed by atoms with Gasteiger partial charge in [0.1, 0.15) is 16.7 Å². The number of benzene rings is 3. The molecule has 8 nitrogen and oxygen atoms in total. The molecule has 0 bridgehead atoms. The summed E-state index contributed by atoms with van der Waals surface area (Å²) in [5.41, 5.74) is 3.87. The van der Waals surface area contributed by atoms with Gasteiger partial charge in [-0.25, -0.2) is 4.98 Å². The van der Waals surface area contributed by atoms with Gasteiger partial charge in [-0.05, 0) is 122 Å². The van der Waals surface area contributed by atoms with Gasteiger partial charge in [0.25, 0.3) is 0 Å². The lowest BCUT2D eigenvalue weighted by molar-refractivity contribution is -0.200. The Morgan fingerprint density at radius 3 is 1.82 bits per heavy atom. The summed E-state index contributed by atoms with van der Waals surface area (Å²) in [6, 6.07) is 20.0. The predicted molar refractivity (Wildman–Crippen MR) is 220 cm³/mol. The van der Waals surface area contributed by atoms with Crippen molar-refractivity contribution in [1.29, 1.82) is 0 Å². The number of aliphatic imine (C=N–C) groups is 1. The Kier molecular flexibility index (Phi) is 9.10. The second kappa shape index (κ2) is 13.8. The number of aromatic nitrogens is 2. The van der Waals surface area contributed by atoms with Crippen LogP contribution in [0.1, 0.15) is 131 Å². The summed E-state index contributed by atoms with van der Waals surface area (Å²) in [5, 5.41) is 0. The molecule has 5 heterocycles. The van der Waals surface area contributed by atoms with Gasteiger partial charge in [0.2, 0.25) is 11.8 Å². The van der Waals surface area contributed by atoms with E-state index in [1.165, 1.54) is 15.4 Å². The zero-order valence-electron chi connectivity index (χ0n) is 34.6. The van der Waals surface area contributed by atoms with Gasteiger partial charge in [0, 0.05) is 30.9 Å². The van der Waals surface area contributed by atoms with Crippen LogP contribution in [-0.4, -0.2) is 68.8 Å². The molecule has 1 aromatic heterocycles. The maximum absolute atomic E-state index is 14.0. The SMILES string of the molecule is CC(C)(C)c1ccc(N2[C@@H](c3ccc4c(c3)CC([C@@H]3CCCN3C(=O)C3(C(F)(F)F)CC3)=N4)CC[C@@H]2c2ccc3nc([C@@H]4CCCN4C(=O)C4(C(F)(F)F)CC4)[nH]c3c2)cc1. The molecular formula is C47H50F6N6O2. The van der Waals surface area contributed by atoms with Gasteiger partial charge in [-0.3, -0.25) is 14.6 Å². The van der Waals surface area contributed by atoms with Crippen molar-refractivity contribution in [3.05, 3.63) is 88.7 Å². The van der Waals surface area contributed by atoms with Crippen molar-refractivity contribution in [3.63, 3.8) is 0 Å². The summed E-state index contributed by atoms with van der Waals surface area (Å²) in [6.07, 6.45) is -5.23. The van der Waals surface area contributed by atoms with E-state index in [1.54, 1.807) is 0 Å². The average molecular weight is 845 g/mol. The molecule has 6 aliphatic rings. The summed E-state index contributed by atoms with van der Waals surface area (Å²) in [4.78, 5) is 45.1. The topological polar surface area (TPSA) is 84.9 Å². The van der Waals surface area contributed by atoms with E-state index in [2.05, 4.69) is 79.2 Å². The van der Waals surface area contributed by atoms with Crippen LogP contribution in [0.5, 0.6) is 0 Å². The van der Waals surface area contributed by atoms with E-state index in [-0.39, 0.29) is 49.7 Å². The van der Waals surface area contributed by atoms with Crippen molar-refractivity contribution in [2.24, 2.45) is 15.8 Å². The molecule has 14 heteroatoms. The zero-order chi connectivity index (χ0) is 42.9. The van der Waals surface area contributed by atoms with Crippen LogP contribution in [0.3, 0.4) is 0 Å². The third kappa shape index (κ3) is 6.55. The minimum atomic E-state index is -4.57. The fourth-order valence-electron chi connectivity index (χ4n) is 10.7. The Labute approximate surface area is 350 Å². The molecule has 5 fully saturated rings. The summed E-state index contributed by atoms with van der Waals surface area (Å²) in [7, 11) is 0. The molecule has 4 atom stereocenters. The molecule has 10 rings (SSSR count). The molecule has 2 aliphatic carbocycles. The highest BCUT2D eigenvalue weighted by Gasteiger charge is 2.71. The van der Waals surface area contributed by atoms with Crippen LogP contribution in [0, 0.1) is 10.8 Å². The number of hydrogen-bond donors (Lipinski definition) is 1. The van der Waals surface area contributed by atoms with Crippen LogP contribution >= 0.6 is 0 Å². The molecule has 2 saturated carbocycles. The van der Waals surface area contributed by atoms with Gasteiger partial charge in [0.15, 0.2) is 0 Å². The lowest BCUT2D eigenvalue weighted by Crippen LogP contribution is -2.48. The van der Waals surface area contributed by atoms with Crippen molar-refractivity contribution in [2.45, 2.75) is 133 Å². The summed E-state index contributed by atoms with van der Waals surface area (Å²) < 4.78 is 83.8. The molecule has 4 aliphatic heterocycles. The second-order valence-electron chi connectivity index (χ2n) is 19.4. The molecule has 2 amide bonds. The number of alkyl halides is 6. The van der Waals surface area contributed by atoms with Crippen LogP contribution in [0.2, 0.25) is 0 Å². The standard InChI is InChI=1S/C47H50F6N6O2/c1-43(2,3)30-10-12-31(13-11-30)59-36(27-8-14-32-29(24-27)26-35(54-32)38-6-4-22-57(38)41(60)44(18-19-44)46(48,49)50)16-17-37(59)28-9-15-33-34(25-28)56-40(55-33)39-7-5-23-58(39)42(61)45(20-21-45)47(51,52)53/h8-15,24-25,36-39H,4-7,16-23,26H2,1-3H3,(H,55,56)/t36-,37-,38+,39+/m1/s1. The van der Waals surface area contributed by atoms with Gasteiger partial charge in [-0.1, -0.05) is 51.1 Å². The van der Waals surface area contributed by atoms with Gasteiger partial charge < -0.3 is 19.7 Å². The van der Waals surface area contributed by atoms with Gasteiger partial charge in [-0.15, -0.1) is 0 Å². The third-order valence-corrected chi connectivity index (χ3v) is 14.6. The largest absolute Gasteiger partial charge is 0.403 e. The molecule has 0 spiro atoms. The Morgan fingerprint density at radius 1 is 0.689 bits per heavy atom. The van der Waals surface area contributed by atoms with Crippen molar-refractivity contribution in [3.8, 4) is 0 Å². The van der Waals surface area contributed by atoms with E-state index >= 15 is 0 Å². The van der Waals surface area contributed by atoms with E-state index in [4.69, 9.17) is 9.98 Å². The van der Waals surface area contributed by atoms with Gasteiger partial charge >= 0.3 is 12.4 Å². The maximum Gasteiger partial charge on any atom is 0.403 e. The number of rotatable bonds is 7. The maximum atomic E-state index is 14.0. The highest BCUT2D eigenvalue weighted by Crippen LogP contribution is 2.61. The first-order valence-electron chi connectivity index (χ1n) is 21.7. The second-order valence-corrected chi connectivity index (χ2v) is 19.4. The van der Waals surface area contributed by atoms with Crippen LogP contribution in [-0.2, 0) is 21.4 Å². The molecule has 61 heavy (non-hydrogen) atoms. The fraction of sp³-hybridized carbons (Fsp3) is 0.532. The number of halogens is 6. The molecule has 3 aromatic carbocycles. The number of anilines is 1. The van der Waals surface area contributed by atoms with E-state index in [0.717, 1.165) is 52.1 Å². The number of imidazole rings is 1. The number of carbonyl (C=O) groups is 2. The Bertz CT molecular complexity index is 2440. The van der Waals surface area contributed by atoms with Crippen molar-refractivity contribution >= 4 is 39.9 Å². The number of nitrogens with zero attached hydrogens (tertiary/aromatic N) is 5. The smallest absolute Gasteiger partial charge is 0.357 e. The van der Waals surface area contributed by atoms with Crippen LogP contribution in [0.4, 0.5) is 37.7 Å². The van der Waals surface area contributed by atoms with E-state index in [0.29, 0.717) is 50.0 Å². The summed E-state index contributed by atoms with van der Waals surface area (Å²) in [6.45, 7) is 7.12. The Hall–Kier alpha value is -4.88. The van der Waals surface area contributed by atoms with E-state index < -0.39 is 47.1 Å². The average Bonchev–Trinajstić information content (AvgIpc) is 3.78. The zero-order valence-corrected chi connectivity index (χ0v) is 34.6. The third-order valence-electron chi connectivity index (χ3n) is 14.6. The molecule has 3 saturated heterocycles. The van der Waals surface area contributed by atoms with Crippen molar-refractivity contribution < 1.29 is 35.9 Å². The molecule has 1 N–H and O–H groups in total. The van der Waals surface area contributed by atoms with Gasteiger partial charge in [-0.2, -0.15) is 26.3 Å². The predicted octanol–water partition coefficient (Wildman–Crippen LogP) is 10.9. The Morgan fingerprint density at radius 2 is 1.25 bits per heavy atom. The minimum Gasteiger partial charge on any atom is -0.357 e. The summed E-state index contributed by atoms with van der Waals surface area (Å²) in [5.74, 6) is -1.14. The van der Waals surface area contributed by atoms with Crippen LogP contribution in [0.25, 0.3) is 11.0 Å². The highest BCUT2D eigenvalue weighted by molar-refractivity contribution is 6.01. The number of nitrogens with one attached hydrogen (secondary N) is 1. The van der Waals surface area contributed by atoms with Crippen molar-refractivity contribution in [1.82, 2.24) is 19.8 Å². The lowest BCUT2D eigenvalue weighted by Gasteiger charge is -2.34.